The molecule has 0 aliphatic rings. The predicted octanol–water partition coefficient (Wildman–Crippen LogP) is 6.19. The number of benzene rings is 2. The second-order valence-electron chi connectivity index (χ2n) is 8.60. The maximum absolute atomic E-state index is 12.5. The number of hydrogen-bond acceptors (Lipinski definition) is 5. The fourth-order valence-electron chi connectivity index (χ4n) is 3.15. The standard InChI is InChI=1S/C25H29N2O3S/c1-25(2,3)22(27-24(29)30-17-18-11-5-4-6-12-18)16-10-8-14-20(28)23-26-19-13-7-9-15-21(19)31-23/h4-7,9-13,15,22H,8,14,16-17H2,1-3H3,(H,27,29). The van der Waals surface area contributed by atoms with Gasteiger partial charge in [0.1, 0.15) is 6.61 Å². The summed E-state index contributed by atoms with van der Waals surface area (Å²) in [7, 11) is 0. The van der Waals surface area contributed by atoms with Gasteiger partial charge in [-0.25, -0.2) is 9.78 Å². The Kier molecular flexibility index (Phi) is 7.80. The highest BCUT2D eigenvalue weighted by Gasteiger charge is 2.26. The van der Waals surface area contributed by atoms with Crippen LogP contribution in [0.5, 0.6) is 0 Å². The van der Waals surface area contributed by atoms with Crippen LogP contribution in [0.25, 0.3) is 10.2 Å². The molecule has 1 amide bonds. The van der Waals surface area contributed by atoms with Crippen molar-refractivity contribution in [1.29, 1.82) is 0 Å². The van der Waals surface area contributed by atoms with Gasteiger partial charge in [0.05, 0.1) is 10.2 Å². The van der Waals surface area contributed by atoms with Gasteiger partial charge in [0.2, 0.25) is 0 Å². The monoisotopic (exact) mass is 437 g/mol. The van der Waals surface area contributed by atoms with Crippen molar-refractivity contribution in [3.63, 3.8) is 0 Å². The minimum Gasteiger partial charge on any atom is -0.445 e. The van der Waals surface area contributed by atoms with Crippen LogP contribution in [0.3, 0.4) is 0 Å². The molecule has 0 saturated carbocycles. The van der Waals surface area contributed by atoms with Crippen LogP contribution in [0.15, 0.2) is 54.6 Å². The fraction of sp³-hybridized carbons (Fsp3) is 0.360. The van der Waals surface area contributed by atoms with Crippen LogP contribution in [0.2, 0.25) is 0 Å². The lowest BCUT2D eigenvalue weighted by atomic mass is 9.83. The Morgan fingerprint density at radius 2 is 1.81 bits per heavy atom. The minimum absolute atomic E-state index is 0.0555. The molecular weight excluding hydrogens is 408 g/mol. The Balaban J connectivity index is 1.45. The summed E-state index contributed by atoms with van der Waals surface area (Å²) in [5.41, 5.74) is 1.68. The fourth-order valence-corrected chi connectivity index (χ4v) is 4.09. The molecule has 2 aromatic carbocycles. The number of carbonyl (C=O) groups excluding carboxylic acids is 2. The zero-order valence-electron chi connectivity index (χ0n) is 18.3. The summed E-state index contributed by atoms with van der Waals surface area (Å²) >= 11 is 1.44. The summed E-state index contributed by atoms with van der Waals surface area (Å²) in [6.07, 6.45) is 3.36. The molecule has 0 fully saturated rings. The van der Waals surface area contributed by atoms with Crippen LogP contribution in [0, 0.1) is 11.8 Å². The average Bonchev–Trinajstić information content (AvgIpc) is 3.18. The Bertz CT molecular complexity index is 975. The summed E-state index contributed by atoms with van der Waals surface area (Å²) in [4.78, 5) is 29.2. The molecule has 1 unspecified atom stereocenters. The maximum Gasteiger partial charge on any atom is 0.407 e. The highest BCUT2D eigenvalue weighted by Crippen LogP contribution is 2.25. The first-order valence-electron chi connectivity index (χ1n) is 10.5. The Labute approximate surface area is 187 Å². The topological polar surface area (TPSA) is 68.3 Å². The minimum atomic E-state index is -0.428. The molecule has 6 heteroatoms. The molecule has 3 aromatic rings. The third-order valence-electron chi connectivity index (χ3n) is 5.06. The quantitative estimate of drug-likeness (QED) is 0.320. The van der Waals surface area contributed by atoms with Crippen molar-refractivity contribution in [2.75, 3.05) is 0 Å². The highest BCUT2D eigenvalue weighted by molar-refractivity contribution is 7.20. The number of alkyl carbamates (subject to hydrolysis) is 1. The molecule has 31 heavy (non-hydrogen) atoms. The van der Waals surface area contributed by atoms with Gasteiger partial charge < -0.3 is 10.1 Å². The molecule has 5 nitrogen and oxygen atoms in total. The molecule has 0 aliphatic heterocycles. The van der Waals surface area contributed by atoms with E-state index in [0.717, 1.165) is 15.8 Å². The normalized spacial score (nSPS) is 12.5. The molecule has 163 valence electrons. The third-order valence-corrected chi connectivity index (χ3v) is 6.14. The van der Waals surface area contributed by atoms with Gasteiger partial charge in [-0.2, -0.15) is 0 Å². The van der Waals surface area contributed by atoms with E-state index >= 15 is 0 Å². The van der Waals surface area contributed by atoms with Crippen molar-refractivity contribution in [2.24, 2.45) is 5.41 Å². The molecule has 3 rings (SSSR count). The number of ketones is 1. The SMILES string of the molecule is CC(C)(C)C(C[CH]CCC(=O)c1nc2ccccc2s1)NC(=O)OCc1ccccc1. The van der Waals surface area contributed by atoms with Crippen LogP contribution in [-0.2, 0) is 11.3 Å². The van der Waals surface area contributed by atoms with E-state index in [-0.39, 0.29) is 23.8 Å². The van der Waals surface area contributed by atoms with E-state index in [9.17, 15) is 9.59 Å². The zero-order chi connectivity index (χ0) is 22.3. The average molecular weight is 438 g/mol. The van der Waals surface area contributed by atoms with Crippen LogP contribution in [0.4, 0.5) is 4.79 Å². The van der Waals surface area contributed by atoms with Gasteiger partial charge in [0.25, 0.3) is 0 Å². The summed E-state index contributed by atoms with van der Waals surface area (Å²) in [5, 5.41) is 3.54. The van der Waals surface area contributed by atoms with Crippen LogP contribution < -0.4 is 5.32 Å². The van der Waals surface area contributed by atoms with Crippen LogP contribution >= 0.6 is 11.3 Å². The van der Waals surface area contributed by atoms with E-state index in [0.29, 0.717) is 24.3 Å². The third kappa shape index (κ3) is 6.89. The van der Waals surface area contributed by atoms with Crippen molar-refractivity contribution in [1.82, 2.24) is 10.3 Å². The number of unbranched alkanes of at least 4 members (excludes halogenated alkanes) is 1. The number of thiazole rings is 1. The molecular formula is C25H29N2O3S. The number of rotatable bonds is 9. The van der Waals surface area contributed by atoms with Gasteiger partial charge >= 0.3 is 6.09 Å². The van der Waals surface area contributed by atoms with Gasteiger partial charge in [-0.15, -0.1) is 11.3 Å². The summed E-state index contributed by atoms with van der Waals surface area (Å²) in [6.45, 7) is 6.48. The Morgan fingerprint density at radius 3 is 2.52 bits per heavy atom. The first-order valence-corrected chi connectivity index (χ1v) is 11.3. The number of ether oxygens (including phenoxy) is 1. The second-order valence-corrected chi connectivity index (χ2v) is 9.63. The molecule has 0 spiro atoms. The van der Waals surface area contributed by atoms with E-state index in [1.165, 1.54) is 11.3 Å². The molecule has 1 aromatic heterocycles. The van der Waals surface area contributed by atoms with Gasteiger partial charge in [-0.3, -0.25) is 4.79 Å². The molecule has 1 N–H and O–H groups in total. The zero-order valence-corrected chi connectivity index (χ0v) is 19.1. The lowest BCUT2D eigenvalue weighted by Gasteiger charge is -2.31. The van der Waals surface area contributed by atoms with Gasteiger partial charge in [-0.05, 0) is 42.4 Å². The number of nitrogens with zero attached hydrogens (tertiary/aromatic N) is 1. The van der Waals surface area contributed by atoms with E-state index < -0.39 is 6.09 Å². The molecule has 1 atom stereocenters. The number of hydrogen-bond donors (Lipinski definition) is 1. The Hall–Kier alpha value is -2.73. The maximum atomic E-state index is 12.5. The number of fused-ring (bicyclic) bond motifs is 1. The van der Waals surface area contributed by atoms with E-state index in [1.54, 1.807) is 0 Å². The molecule has 0 bridgehead atoms. The predicted molar refractivity (Wildman–Crippen MR) is 125 cm³/mol. The number of aromatic nitrogens is 1. The number of amides is 1. The number of carbonyl (C=O) groups is 2. The van der Waals surface area contributed by atoms with E-state index in [4.69, 9.17) is 4.74 Å². The van der Waals surface area contributed by atoms with Crippen molar-refractivity contribution >= 4 is 33.4 Å². The number of para-hydroxylation sites is 1. The smallest absolute Gasteiger partial charge is 0.407 e. The lowest BCUT2D eigenvalue weighted by Crippen LogP contribution is -2.44. The molecule has 1 radical (unpaired) electrons. The summed E-state index contributed by atoms with van der Waals surface area (Å²) in [6, 6.07) is 17.3. The second kappa shape index (κ2) is 10.5. The first kappa shape index (κ1) is 22.9. The summed E-state index contributed by atoms with van der Waals surface area (Å²) < 4.78 is 6.39. The number of Topliss-reactive ketones (excluding diaryl/α,β-unsaturated/α-hetero) is 1. The Morgan fingerprint density at radius 1 is 1.10 bits per heavy atom. The first-order chi connectivity index (χ1) is 14.8. The van der Waals surface area contributed by atoms with Gasteiger partial charge in [0, 0.05) is 12.5 Å². The van der Waals surface area contributed by atoms with Crippen molar-refractivity contribution < 1.29 is 14.3 Å². The van der Waals surface area contributed by atoms with E-state index in [1.807, 2.05) is 54.6 Å². The lowest BCUT2D eigenvalue weighted by molar-refractivity contribution is 0.0980. The molecule has 0 saturated heterocycles. The number of nitrogens with one attached hydrogen (secondary N) is 1. The van der Waals surface area contributed by atoms with Crippen LogP contribution in [0.1, 0.15) is 55.4 Å². The molecule has 0 aliphatic carbocycles. The van der Waals surface area contributed by atoms with Crippen molar-refractivity contribution in [3.8, 4) is 0 Å². The van der Waals surface area contributed by atoms with Gasteiger partial charge in [0.15, 0.2) is 10.8 Å². The molecule has 1 heterocycles. The van der Waals surface area contributed by atoms with E-state index in [2.05, 4.69) is 37.5 Å². The van der Waals surface area contributed by atoms with Crippen molar-refractivity contribution in [3.05, 3.63) is 71.6 Å². The summed E-state index contributed by atoms with van der Waals surface area (Å²) in [5.74, 6) is 0.0555. The van der Waals surface area contributed by atoms with Gasteiger partial charge in [-0.1, -0.05) is 63.2 Å². The van der Waals surface area contributed by atoms with Crippen LogP contribution in [-0.4, -0.2) is 22.9 Å². The van der Waals surface area contributed by atoms with Crippen molar-refractivity contribution in [2.45, 2.75) is 52.7 Å². The highest BCUT2D eigenvalue weighted by atomic mass is 32.1. The largest absolute Gasteiger partial charge is 0.445 e.